The lowest BCUT2D eigenvalue weighted by atomic mass is 10.1. The Morgan fingerprint density at radius 3 is 2.75 bits per heavy atom. The van der Waals surface area contributed by atoms with E-state index in [0.717, 1.165) is 13.0 Å². The molecule has 0 saturated heterocycles. The Labute approximate surface area is 97.0 Å². The van der Waals surface area contributed by atoms with Gasteiger partial charge in [-0.3, -0.25) is 4.68 Å². The van der Waals surface area contributed by atoms with Crippen LogP contribution >= 0.6 is 0 Å². The first-order valence-corrected chi connectivity index (χ1v) is 5.85. The summed E-state index contributed by atoms with van der Waals surface area (Å²) in [4.78, 5) is 0. The van der Waals surface area contributed by atoms with Crippen LogP contribution in [0.15, 0.2) is 12.3 Å². The molecule has 4 heteroatoms. The second-order valence-corrected chi connectivity index (χ2v) is 5.08. The Kier molecular flexibility index (Phi) is 4.47. The summed E-state index contributed by atoms with van der Waals surface area (Å²) in [6.07, 6.45) is 1.64. The van der Waals surface area contributed by atoms with E-state index < -0.39 is 6.17 Å². The molecule has 0 fully saturated rings. The minimum atomic E-state index is -0.992. The van der Waals surface area contributed by atoms with Crippen molar-refractivity contribution in [1.29, 1.82) is 0 Å². The minimum absolute atomic E-state index is 0.0556. The highest BCUT2D eigenvalue weighted by molar-refractivity contribution is 5.05. The van der Waals surface area contributed by atoms with E-state index in [4.69, 9.17) is 0 Å². The first-order chi connectivity index (χ1) is 7.44. The zero-order chi connectivity index (χ0) is 12.2. The van der Waals surface area contributed by atoms with Gasteiger partial charge in [0.1, 0.15) is 0 Å². The summed E-state index contributed by atoms with van der Waals surface area (Å²) in [6.45, 7) is 9.26. The third-order valence-corrected chi connectivity index (χ3v) is 2.32. The van der Waals surface area contributed by atoms with Gasteiger partial charge >= 0.3 is 0 Å². The zero-order valence-corrected chi connectivity index (χ0v) is 10.6. The molecule has 1 rings (SSSR count). The maximum atomic E-state index is 14.0. The zero-order valence-electron chi connectivity index (χ0n) is 10.6. The lowest BCUT2D eigenvalue weighted by Gasteiger charge is -2.22. The summed E-state index contributed by atoms with van der Waals surface area (Å²) in [5.41, 5.74) is 0.610. The van der Waals surface area contributed by atoms with E-state index in [1.807, 2.05) is 20.8 Å². The number of rotatable bonds is 5. The fraction of sp³-hybridized carbons (Fsp3) is 0.750. The van der Waals surface area contributed by atoms with Crippen LogP contribution in [0.1, 0.15) is 46.0 Å². The summed E-state index contributed by atoms with van der Waals surface area (Å²) in [7, 11) is 0. The van der Waals surface area contributed by atoms with Gasteiger partial charge in [0.15, 0.2) is 6.17 Å². The monoisotopic (exact) mass is 227 g/mol. The average Bonchev–Trinajstić information content (AvgIpc) is 2.62. The molecule has 16 heavy (non-hydrogen) atoms. The number of aromatic nitrogens is 2. The lowest BCUT2D eigenvalue weighted by molar-refractivity contribution is 0.276. The smallest absolute Gasteiger partial charge is 0.154 e. The van der Waals surface area contributed by atoms with Crippen molar-refractivity contribution in [1.82, 2.24) is 15.1 Å². The molecule has 92 valence electrons. The van der Waals surface area contributed by atoms with E-state index in [9.17, 15) is 4.39 Å². The third-order valence-electron chi connectivity index (χ3n) is 2.32. The Morgan fingerprint density at radius 2 is 2.19 bits per heavy atom. The van der Waals surface area contributed by atoms with Crippen LogP contribution in [0.25, 0.3) is 0 Å². The second kappa shape index (κ2) is 5.43. The predicted molar refractivity (Wildman–Crippen MR) is 64.1 cm³/mol. The largest absolute Gasteiger partial charge is 0.309 e. The topological polar surface area (TPSA) is 29.9 Å². The van der Waals surface area contributed by atoms with Crippen LogP contribution < -0.4 is 5.32 Å². The van der Waals surface area contributed by atoms with Gasteiger partial charge in [-0.2, -0.15) is 5.10 Å². The van der Waals surface area contributed by atoms with Gasteiger partial charge in [0.05, 0.1) is 5.69 Å². The van der Waals surface area contributed by atoms with Crippen LogP contribution in [0.5, 0.6) is 0 Å². The first-order valence-electron chi connectivity index (χ1n) is 5.85. The Bertz CT molecular complexity index is 314. The highest BCUT2D eigenvalue weighted by Gasteiger charge is 2.17. The van der Waals surface area contributed by atoms with Gasteiger partial charge in [0.2, 0.25) is 0 Å². The fourth-order valence-corrected chi connectivity index (χ4v) is 1.51. The molecule has 1 aromatic heterocycles. The van der Waals surface area contributed by atoms with Crippen molar-refractivity contribution in [2.45, 2.75) is 52.4 Å². The highest BCUT2D eigenvalue weighted by atomic mass is 19.1. The quantitative estimate of drug-likeness (QED) is 0.838. The molecule has 1 N–H and O–H groups in total. The van der Waals surface area contributed by atoms with E-state index >= 15 is 0 Å². The first kappa shape index (κ1) is 13.2. The SMILES string of the molecule is CCCn1nccc1C(F)CNC(C)(C)C. The summed E-state index contributed by atoms with van der Waals surface area (Å²) >= 11 is 0. The van der Waals surface area contributed by atoms with Crippen molar-refractivity contribution in [3.8, 4) is 0 Å². The van der Waals surface area contributed by atoms with Crippen molar-refractivity contribution in [3.05, 3.63) is 18.0 Å². The predicted octanol–water partition coefficient (Wildman–Crippen LogP) is 2.69. The van der Waals surface area contributed by atoms with E-state index in [1.54, 1.807) is 16.9 Å². The van der Waals surface area contributed by atoms with Crippen LogP contribution in [-0.2, 0) is 6.54 Å². The minimum Gasteiger partial charge on any atom is -0.309 e. The molecule has 0 aliphatic heterocycles. The van der Waals surface area contributed by atoms with Crippen molar-refractivity contribution in [2.24, 2.45) is 0 Å². The third kappa shape index (κ3) is 3.93. The number of nitrogens with one attached hydrogen (secondary N) is 1. The molecule has 0 bridgehead atoms. The van der Waals surface area contributed by atoms with E-state index in [1.165, 1.54) is 0 Å². The van der Waals surface area contributed by atoms with Gasteiger partial charge in [-0.15, -0.1) is 0 Å². The maximum absolute atomic E-state index is 14.0. The molecular weight excluding hydrogens is 205 g/mol. The molecule has 0 amide bonds. The van der Waals surface area contributed by atoms with E-state index in [2.05, 4.69) is 17.3 Å². The lowest BCUT2D eigenvalue weighted by Crippen LogP contribution is -2.38. The number of hydrogen-bond acceptors (Lipinski definition) is 2. The molecular formula is C12H22FN3. The Morgan fingerprint density at radius 1 is 1.50 bits per heavy atom. The molecule has 0 aromatic carbocycles. The molecule has 1 unspecified atom stereocenters. The van der Waals surface area contributed by atoms with Crippen molar-refractivity contribution < 1.29 is 4.39 Å². The molecule has 0 radical (unpaired) electrons. The van der Waals surface area contributed by atoms with Gasteiger partial charge in [0.25, 0.3) is 0 Å². The molecule has 1 heterocycles. The van der Waals surface area contributed by atoms with Crippen LogP contribution in [0, 0.1) is 0 Å². The van der Waals surface area contributed by atoms with E-state index in [0.29, 0.717) is 12.2 Å². The van der Waals surface area contributed by atoms with Gasteiger partial charge in [0, 0.05) is 24.8 Å². The Hall–Kier alpha value is -0.900. The van der Waals surface area contributed by atoms with Gasteiger partial charge in [-0.05, 0) is 33.3 Å². The number of halogens is 1. The number of aryl methyl sites for hydroxylation is 1. The van der Waals surface area contributed by atoms with Crippen LogP contribution in [0.4, 0.5) is 4.39 Å². The molecule has 1 atom stereocenters. The second-order valence-electron chi connectivity index (χ2n) is 5.08. The molecule has 1 aromatic rings. The van der Waals surface area contributed by atoms with Gasteiger partial charge in [-0.25, -0.2) is 4.39 Å². The summed E-state index contributed by atoms with van der Waals surface area (Å²) < 4.78 is 15.7. The highest BCUT2D eigenvalue weighted by Crippen LogP contribution is 2.17. The molecule has 3 nitrogen and oxygen atoms in total. The van der Waals surface area contributed by atoms with Crippen molar-refractivity contribution in [2.75, 3.05) is 6.54 Å². The molecule has 0 saturated carbocycles. The maximum Gasteiger partial charge on any atom is 0.154 e. The van der Waals surface area contributed by atoms with Crippen LogP contribution in [0.3, 0.4) is 0 Å². The standard InChI is InChI=1S/C12H22FN3/c1-5-8-16-11(6-7-15-16)10(13)9-14-12(2,3)4/h6-7,10,14H,5,8-9H2,1-4H3. The number of alkyl halides is 1. The summed E-state index contributed by atoms with van der Waals surface area (Å²) in [6, 6.07) is 1.75. The normalized spacial score (nSPS) is 14.1. The van der Waals surface area contributed by atoms with Gasteiger partial charge in [-0.1, -0.05) is 6.92 Å². The van der Waals surface area contributed by atoms with Gasteiger partial charge < -0.3 is 5.32 Å². The van der Waals surface area contributed by atoms with E-state index in [-0.39, 0.29) is 5.54 Å². The Balaban J connectivity index is 2.58. The molecule has 0 aliphatic rings. The fourth-order valence-electron chi connectivity index (χ4n) is 1.51. The van der Waals surface area contributed by atoms with Crippen molar-refractivity contribution in [3.63, 3.8) is 0 Å². The summed E-state index contributed by atoms with van der Waals surface area (Å²) in [5, 5.41) is 7.28. The number of hydrogen-bond donors (Lipinski definition) is 1. The van der Waals surface area contributed by atoms with Crippen molar-refractivity contribution >= 4 is 0 Å². The van der Waals surface area contributed by atoms with Crippen LogP contribution in [0.2, 0.25) is 0 Å². The molecule has 0 aliphatic carbocycles. The summed E-state index contributed by atoms with van der Waals surface area (Å²) in [5.74, 6) is 0. The average molecular weight is 227 g/mol. The molecule has 0 spiro atoms. The van der Waals surface area contributed by atoms with Crippen LogP contribution in [-0.4, -0.2) is 21.9 Å². The number of nitrogens with zero attached hydrogens (tertiary/aromatic N) is 2.